The van der Waals surface area contributed by atoms with Crippen molar-refractivity contribution in [2.24, 2.45) is 4.99 Å². The van der Waals surface area contributed by atoms with Gasteiger partial charge in [0, 0.05) is 41.9 Å². The topological polar surface area (TPSA) is 84.0 Å². The van der Waals surface area contributed by atoms with Crippen LogP contribution in [0.4, 0.5) is 11.4 Å². The van der Waals surface area contributed by atoms with E-state index >= 15 is 0 Å². The number of amides is 1. The minimum absolute atomic E-state index is 0. The van der Waals surface area contributed by atoms with E-state index in [1.807, 2.05) is 43.3 Å². The van der Waals surface area contributed by atoms with Gasteiger partial charge in [0.15, 0.2) is 17.5 Å². The SMILES string of the molecule is CN=C(NCCC(=O)Nc1ccc(Br)cc1C)Nc1ccc(OC)c(OC)c1.I. The molecule has 2 aromatic carbocycles. The van der Waals surface area contributed by atoms with Gasteiger partial charge in [0.05, 0.1) is 14.2 Å². The number of aliphatic imine (C=N–C) groups is 1. The smallest absolute Gasteiger partial charge is 0.226 e. The summed E-state index contributed by atoms with van der Waals surface area (Å²) < 4.78 is 11.5. The normalized spacial score (nSPS) is 10.6. The second kappa shape index (κ2) is 12.5. The van der Waals surface area contributed by atoms with Gasteiger partial charge in [0.2, 0.25) is 5.91 Å². The number of ether oxygens (including phenoxy) is 2. The first-order valence-corrected chi connectivity index (χ1v) is 9.51. The molecule has 0 spiro atoms. The van der Waals surface area contributed by atoms with E-state index < -0.39 is 0 Å². The van der Waals surface area contributed by atoms with Gasteiger partial charge in [-0.15, -0.1) is 24.0 Å². The zero-order valence-corrected chi connectivity index (χ0v) is 20.8. The minimum Gasteiger partial charge on any atom is -0.493 e. The van der Waals surface area contributed by atoms with Crippen LogP contribution >= 0.6 is 39.9 Å². The summed E-state index contributed by atoms with van der Waals surface area (Å²) in [6.45, 7) is 2.39. The minimum atomic E-state index is -0.0699. The number of aryl methyl sites for hydroxylation is 1. The lowest BCUT2D eigenvalue weighted by Crippen LogP contribution is -2.33. The van der Waals surface area contributed by atoms with E-state index in [-0.39, 0.29) is 29.9 Å². The third kappa shape index (κ3) is 7.73. The number of anilines is 2. The average molecular weight is 577 g/mol. The Morgan fingerprint density at radius 2 is 1.79 bits per heavy atom. The maximum Gasteiger partial charge on any atom is 0.226 e. The molecule has 9 heteroatoms. The fourth-order valence-electron chi connectivity index (χ4n) is 2.50. The zero-order valence-electron chi connectivity index (χ0n) is 16.8. The first kappa shape index (κ1) is 25.0. The highest BCUT2D eigenvalue weighted by molar-refractivity contribution is 14.0. The highest BCUT2D eigenvalue weighted by Crippen LogP contribution is 2.29. The molecule has 0 unspecified atom stereocenters. The van der Waals surface area contributed by atoms with Crippen molar-refractivity contribution in [2.75, 3.05) is 38.4 Å². The van der Waals surface area contributed by atoms with Gasteiger partial charge >= 0.3 is 0 Å². The van der Waals surface area contributed by atoms with Crippen molar-refractivity contribution in [1.82, 2.24) is 5.32 Å². The van der Waals surface area contributed by atoms with Crippen LogP contribution in [0.3, 0.4) is 0 Å². The van der Waals surface area contributed by atoms with Crippen LogP contribution in [0.5, 0.6) is 11.5 Å². The number of nitrogens with zero attached hydrogens (tertiary/aromatic N) is 1. The van der Waals surface area contributed by atoms with Crippen LogP contribution in [0.25, 0.3) is 0 Å². The summed E-state index contributed by atoms with van der Waals surface area (Å²) in [4.78, 5) is 16.3. The summed E-state index contributed by atoms with van der Waals surface area (Å²) in [5.41, 5.74) is 2.60. The Kier molecular flexibility index (Phi) is 10.8. The fourth-order valence-corrected chi connectivity index (χ4v) is 2.98. The Hall–Kier alpha value is -2.01. The quantitative estimate of drug-likeness (QED) is 0.258. The summed E-state index contributed by atoms with van der Waals surface area (Å²) in [5.74, 6) is 1.75. The Labute approximate surface area is 196 Å². The van der Waals surface area contributed by atoms with E-state index in [4.69, 9.17) is 9.47 Å². The maximum absolute atomic E-state index is 12.2. The molecule has 0 aliphatic heterocycles. The van der Waals surface area contributed by atoms with Crippen molar-refractivity contribution in [1.29, 1.82) is 0 Å². The molecule has 0 fully saturated rings. The third-order valence-corrected chi connectivity index (χ3v) is 4.47. The van der Waals surface area contributed by atoms with Gasteiger partial charge in [-0.3, -0.25) is 9.79 Å². The Balaban J connectivity index is 0.00000420. The first-order chi connectivity index (χ1) is 13.5. The van der Waals surface area contributed by atoms with Crippen LogP contribution in [-0.2, 0) is 4.79 Å². The molecule has 2 aromatic rings. The lowest BCUT2D eigenvalue weighted by Gasteiger charge is -2.14. The third-order valence-electron chi connectivity index (χ3n) is 3.98. The molecule has 0 aliphatic carbocycles. The predicted molar refractivity (Wildman–Crippen MR) is 132 cm³/mol. The van der Waals surface area contributed by atoms with Crippen LogP contribution in [0.2, 0.25) is 0 Å². The van der Waals surface area contributed by atoms with Crippen molar-refractivity contribution < 1.29 is 14.3 Å². The Bertz CT molecular complexity index is 862. The Morgan fingerprint density at radius 3 is 2.41 bits per heavy atom. The average Bonchev–Trinajstić information content (AvgIpc) is 2.69. The van der Waals surface area contributed by atoms with Crippen LogP contribution in [0, 0.1) is 6.92 Å². The molecule has 3 N–H and O–H groups in total. The number of halogens is 2. The highest BCUT2D eigenvalue weighted by atomic mass is 127. The Morgan fingerprint density at radius 1 is 1.07 bits per heavy atom. The molecule has 1 amide bonds. The maximum atomic E-state index is 12.2. The van der Waals surface area contributed by atoms with E-state index in [1.165, 1.54) is 0 Å². The number of nitrogens with one attached hydrogen (secondary N) is 3. The van der Waals surface area contributed by atoms with E-state index in [9.17, 15) is 4.79 Å². The molecule has 0 heterocycles. The first-order valence-electron chi connectivity index (χ1n) is 8.72. The van der Waals surface area contributed by atoms with Crippen molar-refractivity contribution in [3.63, 3.8) is 0 Å². The van der Waals surface area contributed by atoms with Crippen LogP contribution in [-0.4, -0.2) is 39.7 Å². The summed E-state index contributed by atoms with van der Waals surface area (Å²) >= 11 is 3.41. The van der Waals surface area contributed by atoms with Crippen molar-refractivity contribution in [3.05, 3.63) is 46.4 Å². The van der Waals surface area contributed by atoms with Gasteiger partial charge in [-0.25, -0.2) is 0 Å². The van der Waals surface area contributed by atoms with Crippen molar-refractivity contribution in [3.8, 4) is 11.5 Å². The number of methoxy groups -OCH3 is 2. The second-order valence-corrected chi connectivity index (χ2v) is 6.87. The number of guanidine groups is 1. The fraction of sp³-hybridized carbons (Fsp3) is 0.300. The molecule has 0 bridgehead atoms. The van der Waals surface area contributed by atoms with Gasteiger partial charge in [-0.05, 0) is 42.8 Å². The lowest BCUT2D eigenvalue weighted by atomic mass is 10.2. The summed E-state index contributed by atoms with van der Waals surface area (Å²) in [6, 6.07) is 11.2. The van der Waals surface area contributed by atoms with Crippen LogP contribution < -0.4 is 25.4 Å². The molecule has 0 atom stereocenters. The summed E-state index contributed by atoms with van der Waals surface area (Å²) in [7, 11) is 4.84. The van der Waals surface area contributed by atoms with E-state index in [0.29, 0.717) is 30.4 Å². The van der Waals surface area contributed by atoms with Gasteiger partial charge in [0.25, 0.3) is 0 Å². The molecule has 0 aliphatic rings. The van der Waals surface area contributed by atoms with E-state index in [0.717, 1.165) is 21.4 Å². The molecule has 2 rings (SSSR count). The molecular weight excluding hydrogens is 551 g/mol. The number of hydrogen-bond donors (Lipinski definition) is 3. The zero-order chi connectivity index (χ0) is 20.5. The predicted octanol–water partition coefficient (Wildman–Crippen LogP) is 4.41. The number of benzene rings is 2. The molecule has 29 heavy (non-hydrogen) atoms. The molecular formula is C20H26BrIN4O3. The van der Waals surface area contributed by atoms with Crippen molar-refractivity contribution in [2.45, 2.75) is 13.3 Å². The van der Waals surface area contributed by atoms with E-state index in [2.05, 4.69) is 36.9 Å². The molecule has 0 saturated heterocycles. The number of carbonyl (C=O) groups excluding carboxylic acids is 1. The van der Waals surface area contributed by atoms with Crippen LogP contribution in [0.15, 0.2) is 45.9 Å². The number of rotatable bonds is 7. The van der Waals surface area contributed by atoms with Crippen molar-refractivity contribution >= 4 is 63.1 Å². The summed E-state index contributed by atoms with van der Waals surface area (Å²) in [6.07, 6.45) is 0.308. The molecule has 7 nitrogen and oxygen atoms in total. The van der Waals surface area contributed by atoms with Gasteiger partial charge in [-0.1, -0.05) is 15.9 Å². The standard InChI is InChI=1S/C20H25BrN4O3.HI/c1-13-11-14(21)5-7-16(13)25-19(26)9-10-23-20(22-2)24-15-6-8-17(27-3)18(12-15)28-4;/h5-8,11-12H,9-10H2,1-4H3,(H,25,26)(H2,22,23,24);1H. The number of hydrogen-bond acceptors (Lipinski definition) is 4. The second-order valence-electron chi connectivity index (χ2n) is 5.95. The molecule has 158 valence electrons. The monoisotopic (exact) mass is 576 g/mol. The largest absolute Gasteiger partial charge is 0.493 e. The highest BCUT2D eigenvalue weighted by Gasteiger charge is 2.08. The van der Waals surface area contributed by atoms with E-state index in [1.54, 1.807) is 21.3 Å². The summed E-state index contributed by atoms with van der Waals surface area (Å²) in [5, 5.41) is 9.20. The lowest BCUT2D eigenvalue weighted by molar-refractivity contribution is -0.116. The molecule has 0 aromatic heterocycles. The van der Waals surface area contributed by atoms with Gasteiger partial charge in [0.1, 0.15) is 0 Å². The van der Waals surface area contributed by atoms with Gasteiger partial charge < -0.3 is 25.4 Å². The van der Waals surface area contributed by atoms with Gasteiger partial charge in [-0.2, -0.15) is 0 Å². The van der Waals surface area contributed by atoms with Crippen LogP contribution in [0.1, 0.15) is 12.0 Å². The number of carbonyl (C=O) groups is 1. The molecule has 0 saturated carbocycles. The molecule has 0 radical (unpaired) electrons.